The van der Waals surface area contributed by atoms with Crippen LogP contribution in [0.4, 0.5) is 14.5 Å². The van der Waals surface area contributed by atoms with E-state index >= 15 is 8.78 Å². The zero-order chi connectivity index (χ0) is 33.5. The second-order valence-electron chi connectivity index (χ2n) is 11.3. The maximum Gasteiger partial charge on any atom is 0.247 e. The third-order valence-corrected chi connectivity index (χ3v) is 12.5. The first-order valence-electron chi connectivity index (χ1n) is 15.3. The van der Waals surface area contributed by atoms with E-state index in [1.807, 2.05) is 13.1 Å². The number of nitrogens with one attached hydrogen (secondary N) is 1. The molecule has 3 aromatic rings. The number of nitrogens with zero attached hydrogens (tertiary/aromatic N) is 3. The molecule has 11 heteroatoms. The van der Waals surface area contributed by atoms with Gasteiger partial charge in [0.15, 0.2) is 20.0 Å². The zero-order valence-corrected chi connectivity index (χ0v) is 24.6. The Morgan fingerprint density at radius 3 is 2.75 bits per heavy atom. The standard InChI is InChI=1S/C29H34ClF2N5O2Si/c1-29(2,3)40(4,5)39-15-22-26(31)18(10-11-34-22)21-14-35-28(36-21)23-9-6-17-12-16(13-24(38)37(17)23)25-20(33)8-7-19(30)27(25)32/h7-8,10-11,13-14,17,23H,6,9,12,15,33H2,1-5H3,(H,35,36)/t17?,23-/m0/s1/i6D2,12D2,17D. The van der Waals surface area contributed by atoms with Crippen LogP contribution >= 0.6 is 11.6 Å². The van der Waals surface area contributed by atoms with E-state index in [0.29, 0.717) is 0 Å². The van der Waals surface area contributed by atoms with Gasteiger partial charge in [-0.15, -0.1) is 0 Å². The highest BCUT2D eigenvalue weighted by molar-refractivity contribution is 6.74. The van der Waals surface area contributed by atoms with Crippen LogP contribution in [0.2, 0.25) is 23.2 Å². The molecule has 1 amide bonds. The molecule has 0 spiro atoms. The Morgan fingerprint density at radius 2 is 2.02 bits per heavy atom. The molecular formula is C29H34ClF2N5O2Si. The van der Waals surface area contributed by atoms with E-state index in [2.05, 4.69) is 35.7 Å². The lowest BCUT2D eigenvalue weighted by Crippen LogP contribution is -2.40. The van der Waals surface area contributed by atoms with Gasteiger partial charge in [0.25, 0.3) is 0 Å². The van der Waals surface area contributed by atoms with E-state index in [-0.39, 0.29) is 45.1 Å². The van der Waals surface area contributed by atoms with E-state index in [9.17, 15) is 6.17 Å². The molecule has 3 N–H and O–H groups in total. The number of amides is 1. The van der Waals surface area contributed by atoms with Crippen molar-refractivity contribution in [2.24, 2.45) is 0 Å². The van der Waals surface area contributed by atoms with Crippen LogP contribution < -0.4 is 5.73 Å². The summed E-state index contributed by atoms with van der Waals surface area (Å²) in [6.45, 7) is 10.3. The summed E-state index contributed by atoms with van der Waals surface area (Å²) < 4.78 is 81.6. The molecule has 2 aromatic heterocycles. The second-order valence-corrected chi connectivity index (χ2v) is 16.5. The molecule has 1 aromatic carbocycles. The van der Waals surface area contributed by atoms with E-state index < -0.39 is 68.2 Å². The summed E-state index contributed by atoms with van der Waals surface area (Å²) >= 11 is 5.92. The Morgan fingerprint density at radius 1 is 1.27 bits per heavy atom. The number of anilines is 1. The van der Waals surface area contributed by atoms with Crippen LogP contribution in [-0.4, -0.2) is 40.1 Å². The van der Waals surface area contributed by atoms with Crippen molar-refractivity contribution in [2.45, 2.75) is 76.7 Å². The third kappa shape index (κ3) is 5.08. The highest BCUT2D eigenvalue weighted by atomic mass is 35.5. The van der Waals surface area contributed by atoms with Gasteiger partial charge in [-0.2, -0.15) is 0 Å². The minimum atomic E-state index is -2.95. The highest BCUT2D eigenvalue weighted by Crippen LogP contribution is 2.44. The van der Waals surface area contributed by atoms with E-state index in [1.54, 1.807) is 0 Å². The lowest BCUT2D eigenvalue weighted by Gasteiger charge is -2.36. The fraction of sp³-hybridized carbons (Fsp3) is 0.414. The fourth-order valence-electron chi connectivity index (χ4n) is 4.35. The molecule has 4 heterocycles. The molecule has 0 aliphatic carbocycles. The molecule has 1 saturated heterocycles. The number of nitrogen functional groups attached to an aromatic ring is 1. The molecule has 40 heavy (non-hydrogen) atoms. The summed E-state index contributed by atoms with van der Waals surface area (Å²) in [5.41, 5.74) is 5.05. The largest absolute Gasteiger partial charge is 0.411 e. The molecule has 7 nitrogen and oxygen atoms in total. The van der Waals surface area contributed by atoms with Crippen LogP contribution in [0.3, 0.4) is 0 Å². The maximum absolute atomic E-state index is 15.7. The van der Waals surface area contributed by atoms with Gasteiger partial charge in [-0.3, -0.25) is 9.78 Å². The second kappa shape index (κ2) is 10.4. The number of pyridine rings is 1. The number of aromatic nitrogens is 3. The van der Waals surface area contributed by atoms with Gasteiger partial charge >= 0.3 is 0 Å². The number of carbonyl (C=O) groups excluding carboxylic acids is 1. The number of nitrogens with two attached hydrogens (primary N) is 1. The van der Waals surface area contributed by atoms with Crippen molar-refractivity contribution in [3.8, 4) is 11.3 Å². The Bertz CT molecular complexity index is 1730. The number of halogens is 3. The van der Waals surface area contributed by atoms with E-state index in [4.69, 9.17) is 27.2 Å². The van der Waals surface area contributed by atoms with Crippen LogP contribution in [0.5, 0.6) is 0 Å². The Labute approximate surface area is 246 Å². The lowest BCUT2D eigenvalue weighted by atomic mass is 9.92. The molecule has 0 radical (unpaired) electrons. The molecular weight excluding hydrogens is 552 g/mol. The normalized spacial score (nSPS) is 25.9. The topological polar surface area (TPSA) is 97.1 Å². The molecule has 0 saturated carbocycles. The number of imidazole rings is 1. The highest BCUT2D eigenvalue weighted by Gasteiger charge is 2.42. The number of rotatable bonds is 6. The average molecular weight is 591 g/mol. The Balaban J connectivity index is 1.52. The molecule has 0 bridgehead atoms. The van der Waals surface area contributed by atoms with Gasteiger partial charge in [0.05, 0.1) is 30.9 Å². The summed E-state index contributed by atoms with van der Waals surface area (Å²) in [5.74, 6) is -2.65. The average Bonchev–Trinajstić information content (AvgIpc) is 3.50. The van der Waals surface area contributed by atoms with Crippen LogP contribution in [0.1, 0.15) is 69.9 Å². The summed E-state index contributed by atoms with van der Waals surface area (Å²) in [6, 6.07) is -0.246. The Hall–Kier alpha value is -3.08. The molecule has 212 valence electrons. The van der Waals surface area contributed by atoms with Gasteiger partial charge in [-0.05, 0) is 61.1 Å². The number of H-pyrrole nitrogens is 1. The quantitative estimate of drug-likeness (QED) is 0.237. The predicted molar refractivity (Wildman–Crippen MR) is 155 cm³/mol. The SMILES string of the molecule is [2H]C1([2H])C[C@@H](c2ncc(-c3ccnc(CO[Si](C)(C)C(C)(C)C)c3F)[nH]2)N2C(=O)C=C(c3c(N)ccc(Cl)c3F)C([2H])([2H])C21[2H]. The summed E-state index contributed by atoms with van der Waals surface area (Å²) in [5, 5.41) is -0.469. The zero-order valence-electron chi connectivity index (χ0n) is 27.8. The monoisotopic (exact) mass is 590 g/mol. The first-order valence-corrected chi connectivity index (χ1v) is 16.1. The first kappa shape index (κ1) is 22.6. The van der Waals surface area contributed by atoms with Gasteiger partial charge in [0.2, 0.25) is 5.91 Å². The number of fused-ring (bicyclic) bond motifs is 1. The van der Waals surface area contributed by atoms with E-state index in [0.717, 1.165) is 11.0 Å². The molecule has 2 aliphatic rings. The molecule has 1 unspecified atom stereocenters. The van der Waals surface area contributed by atoms with Crippen LogP contribution in [0, 0.1) is 11.6 Å². The number of aromatic amines is 1. The van der Waals surface area contributed by atoms with Gasteiger partial charge < -0.3 is 20.0 Å². The fourth-order valence-corrected chi connectivity index (χ4v) is 5.44. The van der Waals surface area contributed by atoms with Gasteiger partial charge in [-0.1, -0.05) is 32.4 Å². The van der Waals surface area contributed by atoms with Gasteiger partial charge in [0, 0.05) is 40.6 Å². The lowest BCUT2D eigenvalue weighted by molar-refractivity contribution is -0.129. The van der Waals surface area contributed by atoms with Crippen LogP contribution in [-0.2, 0) is 15.8 Å². The smallest absolute Gasteiger partial charge is 0.247 e. The minimum absolute atomic E-state index is 0.0211. The number of benzene rings is 1. The summed E-state index contributed by atoms with van der Waals surface area (Å²) in [7, 11) is -2.20. The third-order valence-electron chi connectivity index (χ3n) is 7.71. The number of hydrogen-bond acceptors (Lipinski definition) is 5. The van der Waals surface area contributed by atoms with Crippen molar-refractivity contribution in [3.05, 3.63) is 70.4 Å². The van der Waals surface area contributed by atoms with Crippen LogP contribution in [0.15, 0.2) is 36.7 Å². The first-order chi connectivity index (χ1) is 20.7. The van der Waals surface area contributed by atoms with Gasteiger partial charge in [-0.25, -0.2) is 13.8 Å². The van der Waals surface area contributed by atoms with Crippen LogP contribution in [0.25, 0.3) is 16.8 Å². The number of hydrogen-bond donors (Lipinski definition) is 2. The number of carbonyl (C=O) groups is 1. The predicted octanol–water partition coefficient (Wildman–Crippen LogP) is 7.03. The molecule has 1 fully saturated rings. The summed E-state index contributed by atoms with van der Waals surface area (Å²) in [6.07, 6.45) is -2.56. The summed E-state index contributed by atoms with van der Waals surface area (Å²) in [4.78, 5) is 25.8. The van der Waals surface area contributed by atoms with Crippen molar-refractivity contribution in [1.82, 2.24) is 19.9 Å². The molecule has 2 aliphatic heterocycles. The van der Waals surface area contributed by atoms with Crippen molar-refractivity contribution in [2.75, 3.05) is 5.73 Å². The van der Waals surface area contributed by atoms with E-state index in [1.165, 1.54) is 30.6 Å². The minimum Gasteiger partial charge on any atom is -0.411 e. The van der Waals surface area contributed by atoms with Crippen molar-refractivity contribution in [3.63, 3.8) is 0 Å². The maximum atomic E-state index is 15.7. The molecule has 5 rings (SSSR count). The van der Waals surface area contributed by atoms with Gasteiger partial charge in [0.1, 0.15) is 11.5 Å². The van der Waals surface area contributed by atoms with Crippen molar-refractivity contribution in [1.29, 1.82) is 0 Å². The molecule has 2 atom stereocenters. The van der Waals surface area contributed by atoms with Crippen molar-refractivity contribution >= 4 is 37.1 Å². The van der Waals surface area contributed by atoms with Crippen molar-refractivity contribution < 1.29 is 24.9 Å². The Kier molecular flexibility index (Phi) is 5.87.